The normalized spacial score (nSPS) is 13.3. The molecule has 0 N–H and O–H groups in total. The van der Waals surface area contributed by atoms with Gasteiger partial charge in [0, 0.05) is 29.0 Å². The number of nitrogens with zero attached hydrogens (tertiary/aromatic N) is 1. The van der Waals surface area contributed by atoms with Crippen LogP contribution in [0.25, 0.3) is 11.0 Å². The maximum atomic E-state index is 13.8. The van der Waals surface area contributed by atoms with E-state index in [4.69, 9.17) is 9.15 Å². The van der Waals surface area contributed by atoms with Gasteiger partial charge in [-0.15, -0.1) is 0 Å². The lowest BCUT2D eigenvalue weighted by Crippen LogP contribution is -2.36. The molecule has 0 spiro atoms. The Bertz CT molecular complexity index is 1140. The number of halogens is 1. The van der Waals surface area contributed by atoms with E-state index in [9.17, 15) is 9.59 Å². The summed E-state index contributed by atoms with van der Waals surface area (Å²) in [5.41, 5.74) is 3.13. The van der Waals surface area contributed by atoms with E-state index in [0.717, 1.165) is 47.9 Å². The van der Waals surface area contributed by atoms with Gasteiger partial charge >= 0.3 is 5.63 Å². The van der Waals surface area contributed by atoms with E-state index >= 15 is 0 Å². The molecule has 2 aromatic carbocycles. The van der Waals surface area contributed by atoms with Gasteiger partial charge in [-0.3, -0.25) is 4.79 Å². The van der Waals surface area contributed by atoms with Gasteiger partial charge in [-0.1, -0.05) is 47.5 Å². The summed E-state index contributed by atoms with van der Waals surface area (Å²) in [7, 11) is 0. The van der Waals surface area contributed by atoms with E-state index in [1.54, 1.807) is 4.90 Å². The van der Waals surface area contributed by atoms with E-state index < -0.39 is 5.63 Å². The van der Waals surface area contributed by atoms with Crippen LogP contribution in [-0.2, 0) is 12.8 Å². The van der Waals surface area contributed by atoms with Crippen molar-refractivity contribution in [3.63, 3.8) is 0 Å². The molecule has 0 atom stereocenters. The highest BCUT2D eigenvalue weighted by atomic mass is 79.9. The molecule has 1 amide bonds. The van der Waals surface area contributed by atoms with Crippen molar-refractivity contribution < 1.29 is 13.9 Å². The molecule has 3 aromatic rings. The second kappa shape index (κ2) is 9.04. The van der Waals surface area contributed by atoms with Gasteiger partial charge in [0.15, 0.2) is 5.58 Å². The molecule has 0 bridgehead atoms. The summed E-state index contributed by atoms with van der Waals surface area (Å²) in [6.07, 6.45) is 3.46. The number of carbonyl (C=O) groups is 1. The summed E-state index contributed by atoms with van der Waals surface area (Å²) in [6.45, 7) is 3.08. The minimum Gasteiger partial charge on any atom is -0.492 e. The average Bonchev–Trinajstić information content (AvgIpc) is 2.76. The standard InChI is InChI=1S/C24H24BrNO4/c1-2-6-17-15-21(27)30-23-18(17)10-11-20(29-14-12-25)22(23)24(28)26-13-5-8-16-7-3-4-9-19(16)26/h3-4,7,9-11,15H,2,5-6,8,12-14H2,1H3. The average molecular weight is 470 g/mol. The van der Waals surface area contributed by atoms with Crippen molar-refractivity contribution in [3.8, 4) is 5.75 Å². The molecule has 0 unspecified atom stereocenters. The Morgan fingerprint density at radius 1 is 1.23 bits per heavy atom. The first-order valence-electron chi connectivity index (χ1n) is 10.3. The molecule has 1 aliphatic heterocycles. The summed E-state index contributed by atoms with van der Waals surface area (Å²) in [6, 6.07) is 13.2. The zero-order valence-electron chi connectivity index (χ0n) is 16.9. The largest absolute Gasteiger partial charge is 0.492 e. The molecule has 0 radical (unpaired) electrons. The smallest absolute Gasteiger partial charge is 0.336 e. The predicted octanol–water partition coefficient (Wildman–Crippen LogP) is 5.11. The maximum absolute atomic E-state index is 13.8. The molecule has 0 aliphatic carbocycles. The van der Waals surface area contributed by atoms with Crippen LogP contribution in [0.15, 0.2) is 51.7 Å². The summed E-state index contributed by atoms with van der Waals surface area (Å²) in [5, 5.41) is 1.42. The zero-order valence-corrected chi connectivity index (χ0v) is 18.5. The highest BCUT2D eigenvalue weighted by Gasteiger charge is 2.29. The van der Waals surface area contributed by atoms with Crippen LogP contribution < -0.4 is 15.3 Å². The number of amides is 1. The molecule has 156 valence electrons. The Morgan fingerprint density at radius 3 is 2.87 bits per heavy atom. The maximum Gasteiger partial charge on any atom is 0.336 e. The summed E-state index contributed by atoms with van der Waals surface area (Å²) in [5.74, 6) is 0.237. The number of para-hydroxylation sites is 1. The number of anilines is 1. The van der Waals surface area contributed by atoms with E-state index in [1.807, 2.05) is 30.3 Å². The number of fused-ring (bicyclic) bond motifs is 2. The van der Waals surface area contributed by atoms with Crippen LogP contribution in [0.5, 0.6) is 5.75 Å². The van der Waals surface area contributed by atoms with Crippen molar-refractivity contribution >= 4 is 38.5 Å². The van der Waals surface area contributed by atoms with Gasteiger partial charge in [-0.2, -0.15) is 0 Å². The third-order valence-electron chi connectivity index (χ3n) is 5.38. The summed E-state index contributed by atoms with van der Waals surface area (Å²) in [4.78, 5) is 27.9. The third-order valence-corrected chi connectivity index (χ3v) is 5.71. The number of benzene rings is 2. The fraction of sp³-hybridized carbons (Fsp3) is 0.333. The lowest BCUT2D eigenvalue weighted by atomic mass is 9.98. The lowest BCUT2D eigenvalue weighted by molar-refractivity contribution is 0.0982. The van der Waals surface area contributed by atoms with Crippen LogP contribution in [0.4, 0.5) is 5.69 Å². The van der Waals surface area contributed by atoms with Crippen molar-refractivity contribution in [2.75, 3.05) is 23.4 Å². The topological polar surface area (TPSA) is 59.8 Å². The van der Waals surface area contributed by atoms with Crippen molar-refractivity contribution in [3.05, 3.63) is 69.6 Å². The zero-order chi connectivity index (χ0) is 21.1. The van der Waals surface area contributed by atoms with Gasteiger partial charge in [0.05, 0.1) is 6.61 Å². The first-order valence-corrected chi connectivity index (χ1v) is 11.4. The van der Waals surface area contributed by atoms with Crippen molar-refractivity contribution in [1.82, 2.24) is 0 Å². The Morgan fingerprint density at radius 2 is 2.07 bits per heavy atom. The molecule has 1 aliphatic rings. The van der Waals surface area contributed by atoms with Crippen molar-refractivity contribution in [2.24, 2.45) is 0 Å². The Kier molecular flexibility index (Phi) is 6.23. The third kappa shape index (κ3) is 3.88. The molecule has 30 heavy (non-hydrogen) atoms. The second-order valence-electron chi connectivity index (χ2n) is 7.38. The Balaban J connectivity index is 1.91. The minimum absolute atomic E-state index is 0.200. The van der Waals surface area contributed by atoms with E-state index in [-0.39, 0.29) is 5.91 Å². The molecule has 0 saturated carbocycles. The number of ether oxygens (including phenoxy) is 1. The van der Waals surface area contributed by atoms with Crippen LogP contribution in [0.2, 0.25) is 0 Å². The number of alkyl halides is 1. The monoisotopic (exact) mass is 469 g/mol. The number of aryl methyl sites for hydroxylation is 2. The Hall–Kier alpha value is -2.60. The number of carbonyl (C=O) groups excluding carboxylic acids is 1. The van der Waals surface area contributed by atoms with Crippen LogP contribution >= 0.6 is 15.9 Å². The second-order valence-corrected chi connectivity index (χ2v) is 8.18. The lowest BCUT2D eigenvalue weighted by Gasteiger charge is -2.30. The highest BCUT2D eigenvalue weighted by molar-refractivity contribution is 9.09. The van der Waals surface area contributed by atoms with E-state index in [2.05, 4.69) is 28.9 Å². The minimum atomic E-state index is -0.448. The van der Waals surface area contributed by atoms with E-state index in [1.165, 1.54) is 6.07 Å². The SMILES string of the molecule is CCCc1cc(=O)oc2c(C(=O)N3CCCc4ccccc43)c(OCCBr)ccc12. The summed E-state index contributed by atoms with van der Waals surface area (Å²) < 4.78 is 11.5. The quantitative estimate of drug-likeness (QED) is 0.371. The van der Waals surface area contributed by atoms with Gasteiger partial charge in [-0.25, -0.2) is 4.79 Å². The molecular weight excluding hydrogens is 446 g/mol. The van der Waals surface area contributed by atoms with Crippen LogP contribution in [-0.4, -0.2) is 24.4 Å². The molecular formula is C24H24BrNO4. The first-order chi connectivity index (χ1) is 14.6. The number of hydrogen-bond acceptors (Lipinski definition) is 4. The fourth-order valence-electron chi connectivity index (χ4n) is 4.10. The molecule has 0 saturated heterocycles. The number of hydrogen-bond donors (Lipinski definition) is 0. The van der Waals surface area contributed by atoms with Gasteiger partial charge in [0.2, 0.25) is 0 Å². The molecule has 1 aromatic heterocycles. The first kappa shape index (κ1) is 20.7. The molecule has 5 nitrogen and oxygen atoms in total. The van der Waals surface area contributed by atoms with Crippen molar-refractivity contribution in [2.45, 2.75) is 32.6 Å². The van der Waals surface area contributed by atoms with E-state index in [0.29, 0.717) is 35.4 Å². The van der Waals surface area contributed by atoms with Crippen LogP contribution in [0, 0.1) is 0 Å². The molecule has 2 heterocycles. The van der Waals surface area contributed by atoms with Gasteiger partial charge in [0.1, 0.15) is 11.3 Å². The number of rotatable bonds is 6. The summed E-state index contributed by atoms with van der Waals surface area (Å²) >= 11 is 3.37. The van der Waals surface area contributed by atoms with Gasteiger partial charge in [0.25, 0.3) is 5.91 Å². The van der Waals surface area contributed by atoms with Crippen molar-refractivity contribution in [1.29, 1.82) is 0 Å². The fourth-order valence-corrected chi connectivity index (χ4v) is 4.26. The predicted molar refractivity (Wildman–Crippen MR) is 122 cm³/mol. The van der Waals surface area contributed by atoms with Crippen LogP contribution in [0.3, 0.4) is 0 Å². The van der Waals surface area contributed by atoms with Crippen LogP contribution in [0.1, 0.15) is 41.3 Å². The molecule has 4 rings (SSSR count). The molecule has 6 heteroatoms. The highest BCUT2D eigenvalue weighted by Crippen LogP contribution is 2.34. The van der Waals surface area contributed by atoms with Gasteiger partial charge < -0.3 is 14.1 Å². The molecule has 0 fully saturated rings. The van der Waals surface area contributed by atoms with Gasteiger partial charge in [-0.05, 0) is 48.6 Å². The Labute approximate surface area is 183 Å².